The van der Waals surface area contributed by atoms with Crippen molar-refractivity contribution in [2.75, 3.05) is 48.0 Å². The molecule has 4 aromatic carbocycles. The molecule has 9 nitrogen and oxygen atoms in total. The molecule has 6 rings (SSSR count). The van der Waals surface area contributed by atoms with Gasteiger partial charge < -0.3 is 19.9 Å². The van der Waals surface area contributed by atoms with E-state index in [4.69, 9.17) is 16.3 Å². The largest absolute Gasteiger partial charge is 0.378 e. The van der Waals surface area contributed by atoms with Gasteiger partial charge in [0.2, 0.25) is 5.91 Å². The van der Waals surface area contributed by atoms with E-state index in [9.17, 15) is 23.6 Å². The van der Waals surface area contributed by atoms with E-state index in [0.717, 1.165) is 23.7 Å². The molecule has 1 N–H and O–H groups in total. The second-order valence-electron chi connectivity index (χ2n) is 11.0. The van der Waals surface area contributed by atoms with Gasteiger partial charge >= 0.3 is 0 Å². The highest BCUT2D eigenvalue weighted by Crippen LogP contribution is 2.31. The van der Waals surface area contributed by atoms with E-state index in [1.165, 1.54) is 35.2 Å². The second-order valence-corrected chi connectivity index (χ2v) is 11.4. The van der Waals surface area contributed by atoms with Gasteiger partial charge in [0, 0.05) is 36.0 Å². The molecule has 0 aromatic heterocycles. The maximum Gasteiger partial charge on any atom is 0.299 e. The van der Waals surface area contributed by atoms with Crippen LogP contribution in [-0.4, -0.2) is 61.3 Å². The molecule has 3 amide bonds. The molecule has 234 valence electrons. The SMILES string of the molecule is O=C1C(=O)N(CC(=O)N(Cc2ccc(Cl)cc2)C(C(=O)Nc2ccc(N3CCOCC3)cc2)c2ccc(F)cc2)c2ccccc21. The van der Waals surface area contributed by atoms with E-state index in [2.05, 4.69) is 10.2 Å². The van der Waals surface area contributed by atoms with E-state index in [1.807, 2.05) is 12.1 Å². The van der Waals surface area contributed by atoms with Crippen molar-refractivity contribution in [1.82, 2.24) is 4.90 Å². The zero-order chi connectivity index (χ0) is 32.2. The van der Waals surface area contributed by atoms with Gasteiger partial charge in [0.05, 0.1) is 24.5 Å². The highest BCUT2D eigenvalue weighted by atomic mass is 35.5. The van der Waals surface area contributed by atoms with Gasteiger partial charge in [0.25, 0.3) is 17.6 Å². The van der Waals surface area contributed by atoms with Crippen LogP contribution in [0.4, 0.5) is 21.5 Å². The topological polar surface area (TPSA) is 99.3 Å². The first-order chi connectivity index (χ1) is 22.3. The minimum atomic E-state index is -1.23. The summed E-state index contributed by atoms with van der Waals surface area (Å²) >= 11 is 6.11. The first kappa shape index (κ1) is 30.9. The van der Waals surface area contributed by atoms with E-state index >= 15 is 0 Å². The molecule has 1 unspecified atom stereocenters. The maximum absolute atomic E-state index is 14.2. The number of benzene rings is 4. The van der Waals surface area contributed by atoms with E-state index < -0.39 is 41.9 Å². The van der Waals surface area contributed by atoms with Crippen LogP contribution in [0.25, 0.3) is 0 Å². The quantitative estimate of drug-likeness (QED) is 0.251. The van der Waals surface area contributed by atoms with Crippen LogP contribution in [-0.2, 0) is 25.7 Å². The van der Waals surface area contributed by atoms with E-state index in [0.29, 0.717) is 40.7 Å². The minimum Gasteiger partial charge on any atom is -0.378 e. The van der Waals surface area contributed by atoms with Crippen molar-refractivity contribution in [2.24, 2.45) is 0 Å². The number of rotatable bonds is 9. The molecule has 1 saturated heterocycles. The molecule has 0 spiro atoms. The van der Waals surface area contributed by atoms with Crippen molar-refractivity contribution in [3.05, 3.63) is 125 Å². The molecule has 2 aliphatic rings. The van der Waals surface area contributed by atoms with Crippen molar-refractivity contribution in [3.8, 4) is 0 Å². The Kier molecular flexibility index (Phi) is 9.09. The van der Waals surface area contributed by atoms with Crippen LogP contribution in [0.3, 0.4) is 0 Å². The van der Waals surface area contributed by atoms with Crippen molar-refractivity contribution < 1.29 is 28.3 Å². The molecular formula is C35H30ClFN4O5. The van der Waals surface area contributed by atoms with Crippen LogP contribution in [0.5, 0.6) is 0 Å². The highest BCUT2D eigenvalue weighted by molar-refractivity contribution is 6.52. The third kappa shape index (κ3) is 6.63. The van der Waals surface area contributed by atoms with Crippen LogP contribution in [0.15, 0.2) is 97.1 Å². The van der Waals surface area contributed by atoms with E-state index in [-0.39, 0.29) is 12.1 Å². The highest BCUT2D eigenvalue weighted by Gasteiger charge is 2.39. The Morgan fingerprint density at radius 1 is 0.891 bits per heavy atom. The number of ether oxygens (including phenoxy) is 1. The zero-order valence-corrected chi connectivity index (χ0v) is 25.5. The summed E-state index contributed by atoms with van der Waals surface area (Å²) in [5, 5.41) is 3.41. The van der Waals surface area contributed by atoms with Gasteiger partial charge in [0.15, 0.2) is 0 Å². The van der Waals surface area contributed by atoms with Gasteiger partial charge in [0.1, 0.15) is 18.4 Å². The monoisotopic (exact) mass is 640 g/mol. The fraction of sp³-hybridized carbons (Fsp3) is 0.200. The summed E-state index contributed by atoms with van der Waals surface area (Å²) in [6.45, 7) is 2.26. The Morgan fingerprint density at radius 3 is 2.26 bits per heavy atom. The van der Waals surface area contributed by atoms with Crippen LogP contribution in [0.2, 0.25) is 5.02 Å². The fourth-order valence-corrected chi connectivity index (χ4v) is 5.77. The summed E-state index contributed by atoms with van der Waals surface area (Å²) in [4.78, 5) is 58.6. The predicted octanol–water partition coefficient (Wildman–Crippen LogP) is 5.25. The normalized spacial score (nSPS) is 15.0. The standard InChI is InChI=1S/C35H30ClFN4O5/c36-25-9-5-23(6-10-25)21-41(31(42)22-40-30-4-2-1-3-29(30)33(43)35(40)45)32(24-7-11-26(37)12-8-24)34(44)38-27-13-15-28(16-14-27)39-17-19-46-20-18-39/h1-16,32H,17-22H2,(H,38,44). The summed E-state index contributed by atoms with van der Waals surface area (Å²) in [6.07, 6.45) is 0. The average Bonchev–Trinajstić information content (AvgIpc) is 3.31. The summed E-state index contributed by atoms with van der Waals surface area (Å²) < 4.78 is 19.5. The zero-order valence-electron chi connectivity index (χ0n) is 24.7. The van der Waals surface area contributed by atoms with Gasteiger partial charge in [-0.25, -0.2) is 4.39 Å². The number of hydrogen-bond acceptors (Lipinski definition) is 6. The molecule has 0 aliphatic carbocycles. The van der Waals surface area contributed by atoms with Gasteiger partial charge in [-0.15, -0.1) is 0 Å². The Morgan fingerprint density at radius 2 is 1.57 bits per heavy atom. The number of para-hydroxylation sites is 1. The first-order valence-corrected chi connectivity index (χ1v) is 15.1. The fourth-order valence-electron chi connectivity index (χ4n) is 5.65. The van der Waals surface area contributed by atoms with Crippen molar-refractivity contribution >= 4 is 52.2 Å². The Labute approximate surface area is 270 Å². The number of carbonyl (C=O) groups is 4. The lowest BCUT2D eigenvalue weighted by Crippen LogP contribution is -2.46. The Bertz CT molecular complexity index is 1760. The van der Waals surface area contributed by atoms with Gasteiger partial charge in [-0.2, -0.15) is 0 Å². The number of nitrogens with zero attached hydrogens (tertiary/aromatic N) is 3. The predicted molar refractivity (Wildman–Crippen MR) is 172 cm³/mol. The van der Waals surface area contributed by atoms with Crippen molar-refractivity contribution in [1.29, 1.82) is 0 Å². The lowest BCUT2D eigenvalue weighted by molar-refractivity contribution is -0.139. The number of amides is 3. The molecule has 2 heterocycles. The molecule has 1 fully saturated rings. The number of fused-ring (bicyclic) bond motifs is 1. The molecule has 0 radical (unpaired) electrons. The van der Waals surface area contributed by atoms with Gasteiger partial charge in [-0.05, 0) is 71.8 Å². The number of carbonyl (C=O) groups excluding carboxylic acids is 4. The average molecular weight is 641 g/mol. The number of anilines is 3. The van der Waals surface area contributed by atoms with Crippen molar-refractivity contribution in [2.45, 2.75) is 12.6 Å². The van der Waals surface area contributed by atoms with Crippen LogP contribution in [0.1, 0.15) is 27.5 Å². The molecule has 2 aliphatic heterocycles. The Balaban J connectivity index is 1.33. The van der Waals surface area contributed by atoms with Gasteiger partial charge in [-0.1, -0.05) is 48.0 Å². The number of hydrogen-bond donors (Lipinski definition) is 1. The first-order valence-electron chi connectivity index (χ1n) is 14.8. The molecule has 1 atom stereocenters. The van der Waals surface area contributed by atoms with Crippen LogP contribution in [0, 0.1) is 5.82 Å². The third-order valence-corrected chi connectivity index (χ3v) is 8.27. The number of morpholine rings is 1. The molecular weight excluding hydrogens is 611 g/mol. The van der Waals surface area contributed by atoms with Gasteiger partial charge in [-0.3, -0.25) is 24.1 Å². The third-order valence-electron chi connectivity index (χ3n) is 8.02. The second kappa shape index (κ2) is 13.5. The number of Topliss-reactive ketones (excluding diaryl/α,β-unsaturated/α-hetero) is 1. The van der Waals surface area contributed by atoms with Crippen LogP contribution < -0.4 is 15.1 Å². The lowest BCUT2D eigenvalue weighted by atomic mass is 10.0. The summed E-state index contributed by atoms with van der Waals surface area (Å²) in [6, 6.07) is 24.7. The summed E-state index contributed by atoms with van der Waals surface area (Å²) in [7, 11) is 0. The number of halogens is 2. The molecule has 4 aromatic rings. The van der Waals surface area contributed by atoms with E-state index in [1.54, 1.807) is 54.6 Å². The molecule has 46 heavy (non-hydrogen) atoms. The number of nitrogens with one attached hydrogen (secondary N) is 1. The lowest BCUT2D eigenvalue weighted by Gasteiger charge is -2.33. The van der Waals surface area contributed by atoms with Crippen LogP contribution >= 0.6 is 11.6 Å². The summed E-state index contributed by atoms with van der Waals surface area (Å²) in [5.41, 5.74) is 3.04. The molecule has 11 heteroatoms. The Hall–Kier alpha value is -5.06. The molecule has 0 bridgehead atoms. The maximum atomic E-state index is 14.2. The minimum absolute atomic E-state index is 0.0426. The molecule has 0 saturated carbocycles. The number of ketones is 1. The smallest absolute Gasteiger partial charge is 0.299 e. The van der Waals surface area contributed by atoms with Crippen molar-refractivity contribution in [3.63, 3.8) is 0 Å². The summed E-state index contributed by atoms with van der Waals surface area (Å²) in [5.74, 6) is -3.18.